The molecule has 74 heavy (non-hydrogen) atoms. The van der Waals surface area contributed by atoms with E-state index in [1.807, 2.05) is 21.1 Å². The van der Waals surface area contributed by atoms with Crippen molar-refractivity contribution in [3.63, 3.8) is 0 Å². The van der Waals surface area contributed by atoms with Crippen molar-refractivity contribution in [1.82, 2.24) is 0 Å². The molecule has 1 N–H and O–H groups in total. The van der Waals surface area contributed by atoms with Gasteiger partial charge in [-0.1, -0.05) is 248 Å². The Kier molecular flexibility index (Phi) is 53.9. The molecule has 0 aromatic heterocycles. The molecular formula is C65H118NO8+. The van der Waals surface area contributed by atoms with E-state index in [0.717, 1.165) is 83.5 Å². The number of carbonyl (C=O) groups excluding carboxylic acids is 2. The first-order valence-electron chi connectivity index (χ1n) is 31.0. The summed E-state index contributed by atoms with van der Waals surface area (Å²) in [7, 11) is 5.97. The average molecular weight is 1040 g/mol. The summed E-state index contributed by atoms with van der Waals surface area (Å²) < 4.78 is 22.8. The summed E-state index contributed by atoms with van der Waals surface area (Å²) in [6.45, 7) is 4.75. The third kappa shape index (κ3) is 56.7. The van der Waals surface area contributed by atoms with Gasteiger partial charge in [0.05, 0.1) is 34.4 Å². The molecule has 9 heteroatoms. The highest BCUT2D eigenvalue weighted by Crippen LogP contribution is 2.17. The van der Waals surface area contributed by atoms with E-state index < -0.39 is 24.3 Å². The number of unbranched alkanes of at least 4 members (excludes halogenated alkanes) is 32. The molecule has 0 rings (SSSR count). The van der Waals surface area contributed by atoms with E-state index in [0.29, 0.717) is 17.4 Å². The zero-order valence-corrected chi connectivity index (χ0v) is 49.0. The number of nitrogens with zero attached hydrogens (tertiary/aromatic N) is 1. The molecule has 0 aliphatic carbocycles. The van der Waals surface area contributed by atoms with Crippen molar-refractivity contribution in [2.24, 2.45) is 0 Å². The van der Waals surface area contributed by atoms with Gasteiger partial charge >= 0.3 is 17.9 Å². The van der Waals surface area contributed by atoms with Crippen LogP contribution in [0.2, 0.25) is 0 Å². The number of likely N-dealkylation sites (N-methyl/N-ethyl adjacent to an activating group) is 1. The molecule has 430 valence electrons. The van der Waals surface area contributed by atoms with Gasteiger partial charge in [-0.05, 0) is 77.0 Å². The largest absolute Gasteiger partial charge is 0.477 e. The van der Waals surface area contributed by atoms with E-state index in [1.165, 1.54) is 167 Å². The minimum Gasteiger partial charge on any atom is -0.477 e. The number of carboxylic acids is 1. The minimum atomic E-state index is -1.51. The molecule has 0 saturated carbocycles. The zero-order chi connectivity index (χ0) is 54.1. The summed E-state index contributed by atoms with van der Waals surface area (Å²) in [5.41, 5.74) is 0. The lowest BCUT2D eigenvalue weighted by Gasteiger charge is -2.25. The first-order valence-corrected chi connectivity index (χ1v) is 31.0. The Labute approximate surface area is 456 Å². The van der Waals surface area contributed by atoms with Crippen molar-refractivity contribution in [2.45, 2.75) is 289 Å². The minimum absolute atomic E-state index is 0.184. The maximum absolute atomic E-state index is 12.9. The topological polar surface area (TPSA) is 108 Å². The van der Waals surface area contributed by atoms with Crippen LogP contribution in [0, 0.1) is 0 Å². The summed E-state index contributed by atoms with van der Waals surface area (Å²) in [4.78, 5) is 37.3. The van der Waals surface area contributed by atoms with E-state index in [1.54, 1.807) is 0 Å². The molecule has 0 aromatic carbocycles. The summed E-state index contributed by atoms with van der Waals surface area (Å²) in [5, 5.41) is 9.69. The fraction of sp³-hybridized carbons (Fsp3) is 0.800. The van der Waals surface area contributed by atoms with Gasteiger partial charge < -0.3 is 28.5 Å². The van der Waals surface area contributed by atoms with Crippen LogP contribution in [-0.2, 0) is 33.3 Å². The first kappa shape index (κ1) is 71.0. The van der Waals surface area contributed by atoms with E-state index in [4.69, 9.17) is 18.9 Å². The summed E-state index contributed by atoms with van der Waals surface area (Å²) in [6.07, 6.45) is 69.1. The number of carbonyl (C=O) groups is 3. The van der Waals surface area contributed by atoms with Crippen LogP contribution < -0.4 is 0 Å². The molecule has 9 nitrogen and oxygen atoms in total. The molecule has 0 spiro atoms. The predicted molar refractivity (Wildman–Crippen MR) is 313 cm³/mol. The van der Waals surface area contributed by atoms with Crippen molar-refractivity contribution >= 4 is 17.9 Å². The van der Waals surface area contributed by atoms with Crippen molar-refractivity contribution in [2.75, 3.05) is 47.5 Å². The van der Waals surface area contributed by atoms with Gasteiger partial charge in [0.1, 0.15) is 13.2 Å². The molecule has 0 amide bonds. The van der Waals surface area contributed by atoms with E-state index in [9.17, 15) is 19.5 Å². The highest BCUT2D eigenvalue weighted by Gasteiger charge is 2.25. The molecule has 0 aliphatic rings. The Balaban J connectivity index is 3.96. The van der Waals surface area contributed by atoms with Gasteiger partial charge in [-0.15, -0.1) is 0 Å². The second-order valence-corrected chi connectivity index (χ2v) is 22.0. The number of hydrogen-bond acceptors (Lipinski definition) is 7. The Morgan fingerprint density at radius 1 is 0.419 bits per heavy atom. The first-order chi connectivity index (χ1) is 36.1. The van der Waals surface area contributed by atoms with Gasteiger partial charge in [-0.2, -0.15) is 0 Å². The van der Waals surface area contributed by atoms with Crippen LogP contribution in [0.3, 0.4) is 0 Å². The normalized spacial score (nSPS) is 13.1. The smallest absolute Gasteiger partial charge is 0.361 e. The summed E-state index contributed by atoms with van der Waals surface area (Å²) in [6, 6.07) is 0. The van der Waals surface area contributed by atoms with Crippen molar-refractivity contribution < 1.29 is 42.9 Å². The monoisotopic (exact) mass is 1040 g/mol. The van der Waals surface area contributed by atoms with Crippen LogP contribution in [0.4, 0.5) is 0 Å². The molecular weight excluding hydrogens is 923 g/mol. The number of aliphatic carboxylic acids is 1. The van der Waals surface area contributed by atoms with E-state index in [2.05, 4.69) is 74.6 Å². The van der Waals surface area contributed by atoms with Crippen molar-refractivity contribution in [3.05, 3.63) is 60.8 Å². The molecule has 0 heterocycles. The van der Waals surface area contributed by atoms with Crippen LogP contribution >= 0.6 is 0 Å². The van der Waals surface area contributed by atoms with Gasteiger partial charge in [-0.3, -0.25) is 9.59 Å². The fourth-order valence-electron chi connectivity index (χ4n) is 8.77. The van der Waals surface area contributed by atoms with Gasteiger partial charge in [0.15, 0.2) is 6.10 Å². The van der Waals surface area contributed by atoms with Crippen LogP contribution in [-0.4, -0.2) is 87.4 Å². The molecule has 0 bridgehead atoms. The van der Waals surface area contributed by atoms with Crippen molar-refractivity contribution in [3.8, 4) is 0 Å². The quantitative estimate of drug-likeness (QED) is 0.0211. The zero-order valence-electron chi connectivity index (χ0n) is 49.0. The maximum Gasteiger partial charge on any atom is 0.361 e. The lowest BCUT2D eigenvalue weighted by molar-refractivity contribution is -0.870. The molecule has 0 saturated heterocycles. The summed E-state index contributed by atoms with van der Waals surface area (Å²) in [5.74, 6) is -2.00. The molecule has 0 fully saturated rings. The number of allylic oxidation sites excluding steroid dienone is 10. The van der Waals surface area contributed by atoms with Gasteiger partial charge in [0.2, 0.25) is 0 Å². The lowest BCUT2D eigenvalue weighted by Crippen LogP contribution is -2.40. The number of carboxylic acid groups (broad SMARTS) is 1. The van der Waals surface area contributed by atoms with E-state index in [-0.39, 0.29) is 32.2 Å². The molecule has 0 aromatic rings. The summed E-state index contributed by atoms with van der Waals surface area (Å²) >= 11 is 0. The number of esters is 2. The van der Waals surface area contributed by atoms with Crippen LogP contribution in [0.5, 0.6) is 0 Å². The maximum atomic E-state index is 12.9. The number of hydrogen-bond donors (Lipinski definition) is 1. The number of rotatable bonds is 57. The van der Waals surface area contributed by atoms with Gasteiger partial charge in [0.25, 0.3) is 6.29 Å². The van der Waals surface area contributed by atoms with E-state index >= 15 is 0 Å². The SMILES string of the molecule is CC/C=C\C/C=C\C/C=C\C/C=C\CCCCCCCCCCCCCCCCCCCCCCCCCCC(=O)OC(COC(=O)CCCCCCC/C=C\CCCCC)COC(OCC[N+](C)(C)C)C(=O)O. The number of ether oxygens (including phenoxy) is 4. The predicted octanol–water partition coefficient (Wildman–Crippen LogP) is 18.4. The third-order valence-electron chi connectivity index (χ3n) is 13.5. The average Bonchev–Trinajstić information content (AvgIpc) is 3.37. The Bertz CT molecular complexity index is 1400. The standard InChI is InChI=1S/C65H117NO8/c1-6-8-10-12-14-16-18-20-21-22-23-24-25-26-27-28-29-30-31-32-33-34-35-36-37-38-39-40-41-42-43-44-46-48-50-52-54-56-63(68)74-61(60-73-65(64(69)70)71-58-57-66(3,4)5)59-72-62(67)55-53-51-49-47-45-19-17-15-13-11-9-7-2/h8,10,14-17,20-21,23-24,61,65H,6-7,9,11-13,18-19,22,25-60H2,1-5H3/p+1/b10-8-,16-14-,17-15-,21-20-,24-23-. The highest BCUT2D eigenvalue weighted by molar-refractivity contribution is 5.71. The highest BCUT2D eigenvalue weighted by atomic mass is 16.7. The van der Waals surface area contributed by atoms with Crippen LogP contribution in [0.25, 0.3) is 0 Å². The third-order valence-corrected chi connectivity index (χ3v) is 13.5. The molecule has 0 aliphatic heterocycles. The second kappa shape index (κ2) is 56.2. The number of quaternary nitrogens is 1. The van der Waals surface area contributed by atoms with Crippen LogP contribution in [0.15, 0.2) is 60.8 Å². The molecule has 2 unspecified atom stereocenters. The van der Waals surface area contributed by atoms with Gasteiger partial charge in [-0.25, -0.2) is 4.79 Å². The van der Waals surface area contributed by atoms with Crippen molar-refractivity contribution in [1.29, 1.82) is 0 Å². The van der Waals surface area contributed by atoms with Gasteiger partial charge in [0, 0.05) is 12.8 Å². The molecule has 2 atom stereocenters. The lowest BCUT2D eigenvalue weighted by atomic mass is 10.0. The Morgan fingerprint density at radius 2 is 0.770 bits per heavy atom. The Hall–Kier alpha value is -3.01. The second-order valence-electron chi connectivity index (χ2n) is 22.0. The molecule has 0 radical (unpaired) electrons. The van der Waals surface area contributed by atoms with Crippen LogP contribution in [0.1, 0.15) is 277 Å². The Morgan fingerprint density at radius 3 is 1.16 bits per heavy atom. The fourth-order valence-corrected chi connectivity index (χ4v) is 8.77.